The second kappa shape index (κ2) is 5.20. The molecule has 2 rings (SSSR count). The van der Waals surface area contributed by atoms with Crippen molar-refractivity contribution in [1.29, 1.82) is 0 Å². The molecule has 0 spiro atoms. The van der Waals surface area contributed by atoms with Crippen LogP contribution in [0, 0.1) is 11.8 Å². The monoisotopic (exact) mass is 223 g/mol. The first kappa shape index (κ1) is 11.9. The molecule has 2 heteroatoms. The highest BCUT2D eigenvalue weighted by molar-refractivity contribution is 5.79. The van der Waals surface area contributed by atoms with E-state index in [1.54, 1.807) is 0 Å². The van der Waals surface area contributed by atoms with Crippen molar-refractivity contribution in [2.45, 2.75) is 64.8 Å². The summed E-state index contributed by atoms with van der Waals surface area (Å²) in [6, 6.07) is 0.487. The maximum Gasteiger partial charge on any atom is 0.225 e. The first-order chi connectivity index (χ1) is 7.68. The van der Waals surface area contributed by atoms with Crippen molar-refractivity contribution in [3.8, 4) is 0 Å². The Labute approximate surface area is 99.4 Å². The Morgan fingerprint density at radius 3 is 2.31 bits per heavy atom. The number of hydrogen-bond donors (Lipinski definition) is 0. The molecule has 1 saturated carbocycles. The summed E-state index contributed by atoms with van der Waals surface area (Å²) in [6.45, 7) is 5.53. The van der Waals surface area contributed by atoms with Crippen LogP contribution >= 0.6 is 0 Å². The lowest BCUT2D eigenvalue weighted by atomic mass is 9.82. The number of nitrogens with zero attached hydrogens (tertiary/aromatic N) is 1. The summed E-state index contributed by atoms with van der Waals surface area (Å²) in [7, 11) is 0. The van der Waals surface area contributed by atoms with Crippen molar-refractivity contribution in [3.63, 3.8) is 0 Å². The lowest BCUT2D eigenvalue weighted by Gasteiger charge is -2.37. The van der Waals surface area contributed by atoms with Crippen molar-refractivity contribution in [2.75, 3.05) is 6.54 Å². The molecule has 0 bridgehead atoms. The summed E-state index contributed by atoms with van der Waals surface area (Å²) in [4.78, 5) is 14.6. The van der Waals surface area contributed by atoms with E-state index >= 15 is 0 Å². The highest BCUT2D eigenvalue weighted by Crippen LogP contribution is 2.31. The van der Waals surface area contributed by atoms with Gasteiger partial charge in [-0.15, -0.1) is 0 Å². The van der Waals surface area contributed by atoms with Gasteiger partial charge in [0.25, 0.3) is 0 Å². The van der Waals surface area contributed by atoms with Crippen molar-refractivity contribution in [1.82, 2.24) is 4.90 Å². The summed E-state index contributed by atoms with van der Waals surface area (Å²) in [5.74, 6) is 1.64. The maximum absolute atomic E-state index is 12.4. The molecule has 2 nitrogen and oxygen atoms in total. The molecule has 0 unspecified atom stereocenters. The first-order valence-electron chi connectivity index (χ1n) is 6.99. The minimum absolute atomic E-state index is 0.344. The number of amides is 1. The van der Waals surface area contributed by atoms with Crippen molar-refractivity contribution in [3.05, 3.63) is 0 Å². The summed E-state index contributed by atoms with van der Waals surface area (Å²) >= 11 is 0. The Hall–Kier alpha value is -0.530. The smallest absolute Gasteiger partial charge is 0.225 e. The lowest BCUT2D eigenvalue weighted by Crippen LogP contribution is -2.45. The Morgan fingerprint density at radius 2 is 1.69 bits per heavy atom. The van der Waals surface area contributed by atoms with Crippen LogP contribution in [-0.4, -0.2) is 23.4 Å². The van der Waals surface area contributed by atoms with E-state index in [0.717, 1.165) is 25.3 Å². The van der Waals surface area contributed by atoms with Gasteiger partial charge < -0.3 is 4.90 Å². The highest BCUT2D eigenvalue weighted by Gasteiger charge is 2.31. The molecular weight excluding hydrogens is 198 g/mol. The second-order valence-corrected chi connectivity index (χ2v) is 5.83. The van der Waals surface area contributed by atoms with Gasteiger partial charge in [-0.05, 0) is 57.8 Å². The number of carbonyl (C=O) groups is 1. The summed E-state index contributed by atoms with van der Waals surface area (Å²) in [5.41, 5.74) is 0. The quantitative estimate of drug-likeness (QED) is 0.668. The van der Waals surface area contributed by atoms with E-state index in [0.29, 0.717) is 17.9 Å². The molecule has 1 amide bonds. The maximum atomic E-state index is 12.4. The average Bonchev–Trinajstić information content (AvgIpc) is 2.30. The Balaban J connectivity index is 1.90. The molecule has 0 N–H and O–H groups in total. The fourth-order valence-electron chi connectivity index (χ4n) is 3.17. The highest BCUT2D eigenvalue weighted by atomic mass is 16.2. The van der Waals surface area contributed by atoms with Crippen LogP contribution in [-0.2, 0) is 4.79 Å². The van der Waals surface area contributed by atoms with Crippen LogP contribution in [0.1, 0.15) is 58.8 Å². The molecule has 0 aromatic rings. The van der Waals surface area contributed by atoms with Gasteiger partial charge >= 0.3 is 0 Å². The zero-order valence-electron chi connectivity index (χ0n) is 10.7. The number of rotatable bonds is 1. The van der Waals surface area contributed by atoms with E-state index in [2.05, 4.69) is 18.7 Å². The van der Waals surface area contributed by atoms with Gasteiger partial charge in [-0.2, -0.15) is 0 Å². The SMILES string of the molecule is CC1CCC(C(=O)N2CCCC[C@H]2C)CC1. The van der Waals surface area contributed by atoms with Crippen LogP contribution in [0.3, 0.4) is 0 Å². The van der Waals surface area contributed by atoms with Crippen molar-refractivity contribution in [2.24, 2.45) is 11.8 Å². The van der Waals surface area contributed by atoms with Crippen LogP contribution in [0.25, 0.3) is 0 Å². The molecule has 0 aromatic heterocycles. The third-order valence-corrected chi connectivity index (χ3v) is 4.45. The predicted molar refractivity (Wildman–Crippen MR) is 66.1 cm³/mol. The molecule has 2 aliphatic rings. The summed E-state index contributed by atoms with van der Waals surface area (Å²) < 4.78 is 0. The molecule has 1 aliphatic carbocycles. The fourth-order valence-corrected chi connectivity index (χ4v) is 3.17. The molecule has 16 heavy (non-hydrogen) atoms. The molecule has 1 atom stereocenters. The number of piperidine rings is 1. The van der Waals surface area contributed by atoms with Crippen molar-refractivity contribution < 1.29 is 4.79 Å². The van der Waals surface area contributed by atoms with E-state index in [4.69, 9.17) is 0 Å². The van der Waals surface area contributed by atoms with Gasteiger partial charge in [0.15, 0.2) is 0 Å². The van der Waals surface area contributed by atoms with Crippen molar-refractivity contribution >= 4 is 5.91 Å². The van der Waals surface area contributed by atoms with E-state index in [9.17, 15) is 4.79 Å². The third-order valence-electron chi connectivity index (χ3n) is 4.45. The molecule has 0 radical (unpaired) electrons. The molecule has 0 aromatic carbocycles. The van der Waals surface area contributed by atoms with Gasteiger partial charge in [-0.3, -0.25) is 4.79 Å². The Morgan fingerprint density at radius 1 is 1.00 bits per heavy atom. The van der Waals surface area contributed by atoms with Gasteiger partial charge in [0.1, 0.15) is 0 Å². The molecule has 1 aliphatic heterocycles. The zero-order chi connectivity index (χ0) is 11.5. The summed E-state index contributed by atoms with van der Waals surface area (Å²) in [6.07, 6.45) is 8.46. The fraction of sp³-hybridized carbons (Fsp3) is 0.929. The van der Waals surface area contributed by atoms with E-state index in [1.165, 1.54) is 32.1 Å². The van der Waals surface area contributed by atoms with E-state index < -0.39 is 0 Å². The van der Waals surface area contributed by atoms with Crippen LogP contribution in [0.5, 0.6) is 0 Å². The van der Waals surface area contributed by atoms with Gasteiger partial charge in [-0.1, -0.05) is 6.92 Å². The molecule has 1 saturated heterocycles. The third kappa shape index (κ3) is 2.58. The zero-order valence-corrected chi connectivity index (χ0v) is 10.7. The average molecular weight is 223 g/mol. The standard InChI is InChI=1S/C14H25NO/c1-11-6-8-13(9-7-11)14(16)15-10-4-3-5-12(15)2/h11-13H,3-10H2,1-2H3/t11?,12-,13?/m1/s1. The number of hydrogen-bond acceptors (Lipinski definition) is 1. The normalized spacial score (nSPS) is 36.1. The predicted octanol–water partition coefficient (Wildman–Crippen LogP) is 3.21. The summed E-state index contributed by atoms with van der Waals surface area (Å²) in [5, 5.41) is 0. The first-order valence-corrected chi connectivity index (χ1v) is 6.99. The van der Waals surface area contributed by atoms with Crippen LogP contribution in [0.2, 0.25) is 0 Å². The molecule has 92 valence electrons. The Bertz CT molecular complexity index is 243. The van der Waals surface area contributed by atoms with Crippen LogP contribution < -0.4 is 0 Å². The van der Waals surface area contributed by atoms with Gasteiger partial charge in [-0.25, -0.2) is 0 Å². The minimum atomic E-state index is 0.344. The lowest BCUT2D eigenvalue weighted by molar-refractivity contribution is -0.140. The van der Waals surface area contributed by atoms with Gasteiger partial charge in [0, 0.05) is 18.5 Å². The second-order valence-electron chi connectivity index (χ2n) is 5.83. The van der Waals surface area contributed by atoms with E-state index in [-0.39, 0.29) is 0 Å². The minimum Gasteiger partial charge on any atom is -0.340 e. The van der Waals surface area contributed by atoms with E-state index in [1.807, 2.05) is 0 Å². The molecule has 1 heterocycles. The largest absolute Gasteiger partial charge is 0.340 e. The van der Waals surface area contributed by atoms with Crippen LogP contribution in [0.4, 0.5) is 0 Å². The van der Waals surface area contributed by atoms with Crippen LogP contribution in [0.15, 0.2) is 0 Å². The van der Waals surface area contributed by atoms with Gasteiger partial charge in [0.2, 0.25) is 5.91 Å². The number of carbonyl (C=O) groups excluding carboxylic acids is 1. The number of likely N-dealkylation sites (tertiary alicyclic amines) is 1. The molecular formula is C14H25NO. The molecule has 2 fully saturated rings. The Kier molecular flexibility index (Phi) is 3.88. The van der Waals surface area contributed by atoms with Gasteiger partial charge in [0.05, 0.1) is 0 Å². The topological polar surface area (TPSA) is 20.3 Å².